The molecule has 3 aliphatic rings. The van der Waals surface area contributed by atoms with Crippen molar-refractivity contribution < 1.29 is 14.3 Å². The summed E-state index contributed by atoms with van der Waals surface area (Å²) in [6.45, 7) is 6.83. The molecule has 3 aliphatic carbocycles. The van der Waals surface area contributed by atoms with Crippen LogP contribution in [0.2, 0.25) is 0 Å². The first-order valence-electron chi connectivity index (χ1n) is 15.2. The molecule has 0 saturated heterocycles. The Morgan fingerprint density at radius 1 is 0.765 bits per heavy atom. The minimum absolute atomic E-state index is 0.146. The Kier molecular flexibility index (Phi) is 11.4. The van der Waals surface area contributed by atoms with Crippen LogP contribution in [0.5, 0.6) is 0 Å². The van der Waals surface area contributed by atoms with Crippen molar-refractivity contribution in [3.05, 3.63) is 0 Å². The van der Waals surface area contributed by atoms with E-state index in [1.807, 2.05) is 6.92 Å². The van der Waals surface area contributed by atoms with Crippen LogP contribution in [0.1, 0.15) is 143 Å². The van der Waals surface area contributed by atoms with Gasteiger partial charge >= 0.3 is 5.97 Å². The van der Waals surface area contributed by atoms with Crippen molar-refractivity contribution >= 4 is 11.8 Å². The van der Waals surface area contributed by atoms with Gasteiger partial charge in [-0.25, -0.2) is 0 Å². The predicted molar refractivity (Wildman–Crippen MR) is 141 cm³/mol. The third-order valence-electron chi connectivity index (χ3n) is 10.0. The molecule has 0 spiro atoms. The first kappa shape index (κ1) is 27.7. The van der Waals surface area contributed by atoms with Gasteiger partial charge in [0, 0.05) is 6.42 Å². The van der Waals surface area contributed by atoms with Crippen molar-refractivity contribution in [1.82, 2.24) is 0 Å². The number of Topliss-reactive ketones (excluding diaryl/α,β-unsaturated/α-hetero) is 1. The Balaban J connectivity index is 1.36. The van der Waals surface area contributed by atoms with Crippen LogP contribution in [0.3, 0.4) is 0 Å². The van der Waals surface area contributed by atoms with Gasteiger partial charge in [0.05, 0.1) is 6.61 Å². The highest BCUT2D eigenvalue weighted by atomic mass is 16.5. The van der Waals surface area contributed by atoms with Gasteiger partial charge in [0.25, 0.3) is 0 Å². The molecular formula is C31H54O3. The molecular weight excluding hydrogens is 420 g/mol. The van der Waals surface area contributed by atoms with Crippen LogP contribution in [0.15, 0.2) is 0 Å². The lowest BCUT2D eigenvalue weighted by Crippen LogP contribution is -2.44. The topological polar surface area (TPSA) is 43.4 Å². The van der Waals surface area contributed by atoms with Gasteiger partial charge in [-0.3, -0.25) is 9.59 Å². The smallest absolute Gasteiger partial charge is 0.319 e. The molecule has 3 rings (SSSR count). The van der Waals surface area contributed by atoms with E-state index in [0.29, 0.717) is 31.3 Å². The van der Waals surface area contributed by atoms with Gasteiger partial charge in [-0.2, -0.15) is 0 Å². The zero-order valence-corrected chi connectivity index (χ0v) is 22.8. The van der Waals surface area contributed by atoms with E-state index >= 15 is 0 Å². The number of unbranched alkanes of at least 4 members (excludes halogenated alkanes) is 5. The fourth-order valence-electron chi connectivity index (χ4n) is 7.36. The lowest BCUT2D eigenvalue weighted by molar-refractivity contribution is -0.162. The highest BCUT2D eigenvalue weighted by Gasteiger charge is 2.47. The Hall–Kier alpha value is -0.860. The normalized spacial score (nSPS) is 34.7. The van der Waals surface area contributed by atoms with Crippen LogP contribution in [-0.2, 0) is 14.3 Å². The lowest BCUT2D eigenvalue weighted by Gasteiger charge is -2.42. The van der Waals surface area contributed by atoms with Crippen molar-refractivity contribution in [2.24, 2.45) is 35.0 Å². The summed E-state index contributed by atoms with van der Waals surface area (Å²) < 4.78 is 5.57. The Morgan fingerprint density at radius 2 is 1.32 bits per heavy atom. The lowest BCUT2D eigenvalue weighted by atomic mass is 9.62. The molecule has 0 aromatic rings. The summed E-state index contributed by atoms with van der Waals surface area (Å²) in [6.07, 6.45) is 23.4. The number of rotatable bonds is 12. The molecule has 196 valence electrons. The van der Waals surface area contributed by atoms with E-state index in [9.17, 15) is 9.59 Å². The van der Waals surface area contributed by atoms with E-state index in [0.717, 1.165) is 37.0 Å². The largest absolute Gasteiger partial charge is 0.465 e. The predicted octanol–water partition coefficient (Wildman–Crippen LogP) is 8.68. The van der Waals surface area contributed by atoms with E-state index in [1.54, 1.807) is 0 Å². The van der Waals surface area contributed by atoms with Crippen LogP contribution in [0, 0.1) is 35.0 Å². The third kappa shape index (κ3) is 7.57. The van der Waals surface area contributed by atoms with Gasteiger partial charge in [0.1, 0.15) is 11.2 Å². The molecule has 2 atom stereocenters. The summed E-state index contributed by atoms with van der Waals surface area (Å²) in [4.78, 5) is 25.9. The summed E-state index contributed by atoms with van der Waals surface area (Å²) in [5, 5.41) is 0. The molecule has 3 fully saturated rings. The number of carbonyl (C=O) groups is 2. The molecule has 1 unspecified atom stereocenters. The standard InChI is InChI=1S/C31H54O3/c1-4-6-8-9-10-22-34-30(33)31(3)21-20-28(23-29(31)32)27-18-16-26(17-19-27)25-14-12-24(13-15-25)11-7-5-2/h24-28H,4-23H2,1-3H3/t24-,25-,26?,27?,28?,31-/m0/s1. The summed E-state index contributed by atoms with van der Waals surface area (Å²) in [5.74, 6) is 3.97. The van der Waals surface area contributed by atoms with Crippen molar-refractivity contribution in [3.8, 4) is 0 Å². The van der Waals surface area contributed by atoms with Crippen LogP contribution < -0.4 is 0 Å². The zero-order valence-electron chi connectivity index (χ0n) is 22.8. The number of carbonyl (C=O) groups excluding carboxylic acids is 2. The summed E-state index contributed by atoms with van der Waals surface area (Å²) in [5.41, 5.74) is -0.895. The number of hydrogen-bond acceptors (Lipinski definition) is 3. The fourth-order valence-corrected chi connectivity index (χ4v) is 7.36. The van der Waals surface area contributed by atoms with Gasteiger partial charge in [0.15, 0.2) is 0 Å². The van der Waals surface area contributed by atoms with Crippen LogP contribution in [0.25, 0.3) is 0 Å². The van der Waals surface area contributed by atoms with Gasteiger partial charge in [-0.1, -0.05) is 71.6 Å². The molecule has 0 N–H and O–H groups in total. The highest BCUT2D eigenvalue weighted by Crippen LogP contribution is 2.47. The number of esters is 1. The van der Waals surface area contributed by atoms with E-state index in [-0.39, 0.29) is 11.8 Å². The first-order chi connectivity index (χ1) is 16.5. The molecule has 0 aliphatic heterocycles. The second-order valence-corrected chi connectivity index (χ2v) is 12.4. The van der Waals surface area contributed by atoms with Crippen LogP contribution in [-0.4, -0.2) is 18.4 Å². The summed E-state index contributed by atoms with van der Waals surface area (Å²) >= 11 is 0. The van der Waals surface area contributed by atoms with Gasteiger partial charge in [-0.05, 0) is 94.3 Å². The number of ketones is 1. The first-order valence-corrected chi connectivity index (χ1v) is 15.2. The van der Waals surface area contributed by atoms with E-state index in [4.69, 9.17) is 4.74 Å². The average Bonchev–Trinajstić information content (AvgIpc) is 2.87. The maximum absolute atomic E-state index is 13.1. The van der Waals surface area contributed by atoms with Crippen LogP contribution >= 0.6 is 0 Å². The average molecular weight is 475 g/mol. The molecule has 0 aromatic heterocycles. The SMILES string of the molecule is CCCCCCCOC(=O)[C@@]1(C)CCC(C2CCC([C@H]3CC[C@H](CCCC)CC3)CC2)CC1=O. The van der Waals surface area contributed by atoms with Gasteiger partial charge in [0.2, 0.25) is 0 Å². The maximum atomic E-state index is 13.1. The number of hydrogen-bond donors (Lipinski definition) is 0. The third-order valence-corrected chi connectivity index (χ3v) is 10.0. The molecule has 3 heteroatoms. The van der Waals surface area contributed by atoms with E-state index < -0.39 is 5.41 Å². The van der Waals surface area contributed by atoms with Crippen molar-refractivity contribution in [2.45, 2.75) is 143 Å². The van der Waals surface area contributed by atoms with Crippen LogP contribution in [0.4, 0.5) is 0 Å². The number of ether oxygens (including phenoxy) is 1. The quantitative estimate of drug-likeness (QED) is 0.161. The van der Waals surface area contributed by atoms with Gasteiger partial charge < -0.3 is 4.74 Å². The highest BCUT2D eigenvalue weighted by molar-refractivity contribution is 6.04. The second-order valence-electron chi connectivity index (χ2n) is 12.4. The molecule has 0 radical (unpaired) electrons. The molecule has 3 nitrogen and oxygen atoms in total. The molecule has 3 saturated carbocycles. The maximum Gasteiger partial charge on any atom is 0.319 e. The Morgan fingerprint density at radius 3 is 1.91 bits per heavy atom. The van der Waals surface area contributed by atoms with E-state index in [1.165, 1.54) is 89.9 Å². The van der Waals surface area contributed by atoms with Crippen molar-refractivity contribution in [1.29, 1.82) is 0 Å². The zero-order chi connectivity index (χ0) is 24.4. The molecule has 0 aromatic carbocycles. The summed E-state index contributed by atoms with van der Waals surface area (Å²) in [6, 6.07) is 0. The van der Waals surface area contributed by atoms with Crippen molar-refractivity contribution in [2.75, 3.05) is 6.61 Å². The second kappa shape index (κ2) is 14.0. The van der Waals surface area contributed by atoms with E-state index in [2.05, 4.69) is 13.8 Å². The minimum Gasteiger partial charge on any atom is -0.465 e. The summed E-state index contributed by atoms with van der Waals surface area (Å²) in [7, 11) is 0. The molecule has 0 amide bonds. The monoisotopic (exact) mass is 474 g/mol. The Bertz CT molecular complexity index is 612. The molecule has 0 bridgehead atoms. The Labute approximate surface area is 210 Å². The van der Waals surface area contributed by atoms with Gasteiger partial charge in [-0.15, -0.1) is 0 Å². The fraction of sp³-hybridized carbons (Fsp3) is 0.935. The minimum atomic E-state index is -0.895. The van der Waals surface area contributed by atoms with Crippen molar-refractivity contribution in [3.63, 3.8) is 0 Å². The molecule has 0 heterocycles. The molecule has 34 heavy (non-hydrogen) atoms.